The Morgan fingerprint density at radius 3 is 3.24 bits per heavy atom. The van der Waals surface area contributed by atoms with Gasteiger partial charge in [0.15, 0.2) is 5.16 Å². The number of aromatic amines is 1. The Morgan fingerprint density at radius 1 is 1.71 bits per heavy atom. The average Bonchev–Trinajstić information content (AvgIpc) is 2.99. The Kier molecular flexibility index (Phi) is 4.16. The van der Waals surface area contributed by atoms with Crippen LogP contribution in [0, 0.1) is 0 Å². The molecule has 0 aliphatic carbocycles. The van der Waals surface area contributed by atoms with Crippen molar-refractivity contribution in [2.45, 2.75) is 18.1 Å². The van der Waals surface area contributed by atoms with E-state index in [1.165, 1.54) is 18.1 Å². The number of carbonyl (C=O) groups excluding carboxylic acids is 1. The van der Waals surface area contributed by atoms with Crippen molar-refractivity contribution in [3.63, 3.8) is 0 Å². The lowest BCUT2D eigenvalue weighted by Crippen LogP contribution is -2.27. The molecule has 0 aliphatic rings. The Balaban J connectivity index is 1.77. The molecule has 90 valence electrons. The number of amides is 1. The summed E-state index contributed by atoms with van der Waals surface area (Å²) >= 11 is 2.98. The molecule has 2 N–H and O–H groups in total. The number of hydrogen-bond acceptors (Lipinski definition) is 5. The number of aromatic nitrogens is 3. The maximum absolute atomic E-state index is 11.7. The molecule has 7 heteroatoms. The number of carbonyl (C=O) groups is 1. The quantitative estimate of drug-likeness (QED) is 0.812. The van der Waals surface area contributed by atoms with Crippen LogP contribution in [0.15, 0.2) is 29.0 Å². The number of nitrogens with zero attached hydrogens (tertiary/aromatic N) is 2. The molecule has 5 nitrogen and oxygen atoms in total. The van der Waals surface area contributed by atoms with Crippen molar-refractivity contribution in [1.82, 2.24) is 20.5 Å². The molecule has 1 amide bonds. The lowest BCUT2D eigenvalue weighted by molar-refractivity contribution is -0.119. The largest absolute Gasteiger partial charge is 0.348 e. The Labute approximate surface area is 107 Å². The van der Waals surface area contributed by atoms with Gasteiger partial charge in [0.1, 0.15) is 6.33 Å². The molecule has 0 saturated carbocycles. The van der Waals surface area contributed by atoms with Crippen molar-refractivity contribution >= 4 is 29.0 Å². The number of thioether (sulfide) groups is 1. The second-order valence-corrected chi connectivity index (χ2v) is 5.33. The SMILES string of the molecule is C[C@@H](NC(=O)CSc1ncn[nH]1)c1cccs1. The number of rotatable bonds is 5. The highest BCUT2D eigenvalue weighted by Gasteiger charge is 2.10. The smallest absolute Gasteiger partial charge is 0.230 e. The minimum absolute atomic E-state index is 0.00713. The third-order valence-corrected chi connectivity index (χ3v) is 4.01. The molecule has 0 fully saturated rings. The monoisotopic (exact) mass is 268 g/mol. The number of hydrogen-bond donors (Lipinski definition) is 2. The zero-order valence-corrected chi connectivity index (χ0v) is 10.8. The van der Waals surface area contributed by atoms with E-state index in [0.29, 0.717) is 10.9 Å². The number of thiophene rings is 1. The Hall–Kier alpha value is -1.34. The highest BCUT2D eigenvalue weighted by molar-refractivity contribution is 7.99. The van der Waals surface area contributed by atoms with Crippen molar-refractivity contribution in [1.29, 1.82) is 0 Å². The Morgan fingerprint density at radius 2 is 2.59 bits per heavy atom. The molecule has 0 spiro atoms. The second kappa shape index (κ2) is 5.83. The molecule has 0 bridgehead atoms. The summed E-state index contributed by atoms with van der Waals surface area (Å²) in [5.74, 6) is 0.331. The van der Waals surface area contributed by atoms with E-state index >= 15 is 0 Å². The molecule has 0 radical (unpaired) electrons. The van der Waals surface area contributed by atoms with Crippen LogP contribution in [0.3, 0.4) is 0 Å². The van der Waals surface area contributed by atoms with E-state index in [4.69, 9.17) is 0 Å². The van der Waals surface area contributed by atoms with E-state index in [2.05, 4.69) is 20.5 Å². The highest BCUT2D eigenvalue weighted by atomic mass is 32.2. The summed E-state index contributed by atoms with van der Waals surface area (Å²) in [5.41, 5.74) is 0. The van der Waals surface area contributed by atoms with E-state index < -0.39 is 0 Å². The zero-order chi connectivity index (χ0) is 12.1. The van der Waals surface area contributed by atoms with E-state index in [9.17, 15) is 4.79 Å². The fraction of sp³-hybridized carbons (Fsp3) is 0.300. The molecule has 2 aromatic heterocycles. The summed E-state index contributed by atoms with van der Waals surface area (Å²) in [4.78, 5) is 16.7. The minimum atomic E-state index is -0.00713. The maximum Gasteiger partial charge on any atom is 0.230 e. The van der Waals surface area contributed by atoms with Gasteiger partial charge in [0, 0.05) is 4.88 Å². The zero-order valence-electron chi connectivity index (χ0n) is 9.21. The van der Waals surface area contributed by atoms with Crippen LogP contribution in [0.2, 0.25) is 0 Å². The van der Waals surface area contributed by atoms with Crippen LogP contribution in [0.1, 0.15) is 17.8 Å². The van der Waals surface area contributed by atoms with Gasteiger partial charge < -0.3 is 5.32 Å². The van der Waals surface area contributed by atoms with Crippen molar-refractivity contribution in [3.05, 3.63) is 28.7 Å². The first kappa shape index (κ1) is 12.1. The van der Waals surface area contributed by atoms with Gasteiger partial charge in [-0.05, 0) is 18.4 Å². The molecular formula is C10H12N4OS2. The van der Waals surface area contributed by atoms with E-state index in [0.717, 1.165) is 4.88 Å². The molecule has 17 heavy (non-hydrogen) atoms. The minimum Gasteiger partial charge on any atom is -0.348 e. The van der Waals surface area contributed by atoms with Gasteiger partial charge in [-0.25, -0.2) is 4.98 Å². The third kappa shape index (κ3) is 3.57. The lowest BCUT2D eigenvalue weighted by atomic mass is 10.3. The average molecular weight is 268 g/mol. The van der Waals surface area contributed by atoms with E-state index in [-0.39, 0.29) is 11.9 Å². The van der Waals surface area contributed by atoms with Crippen LogP contribution in [0.5, 0.6) is 0 Å². The topological polar surface area (TPSA) is 70.7 Å². The van der Waals surface area contributed by atoms with Gasteiger partial charge in [-0.15, -0.1) is 11.3 Å². The van der Waals surface area contributed by atoms with Crippen molar-refractivity contribution in [2.75, 3.05) is 5.75 Å². The summed E-state index contributed by atoms with van der Waals surface area (Å²) in [7, 11) is 0. The molecule has 2 rings (SSSR count). The number of H-pyrrole nitrogens is 1. The van der Waals surface area contributed by atoms with Gasteiger partial charge in [-0.3, -0.25) is 9.89 Å². The summed E-state index contributed by atoms with van der Waals surface area (Å²) in [6, 6.07) is 4.04. The van der Waals surface area contributed by atoms with Gasteiger partial charge in [-0.1, -0.05) is 17.8 Å². The molecule has 0 unspecified atom stereocenters. The van der Waals surface area contributed by atoms with Crippen LogP contribution >= 0.6 is 23.1 Å². The van der Waals surface area contributed by atoms with Gasteiger partial charge in [0.2, 0.25) is 5.91 Å². The van der Waals surface area contributed by atoms with Crippen molar-refractivity contribution < 1.29 is 4.79 Å². The predicted molar refractivity (Wildman–Crippen MR) is 68.0 cm³/mol. The predicted octanol–water partition coefficient (Wildman–Crippen LogP) is 1.84. The fourth-order valence-corrected chi connectivity index (χ4v) is 2.61. The van der Waals surface area contributed by atoms with Crippen LogP contribution in [0.4, 0.5) is 0 Å². The molecule has 1 atom stereocenters. The first-order chi connectivity index (χ1) is 8.25. The maximum atomic E-state index is 11.7. The van der Waals surface area contributed by atoms with Crippen LogP contribution in [0.25, 0.3) is 0 Å². The fourth-order valence-electron chi connectivity index (χ4n) is 1.29. The summed E-state index contributed by atoms with van der Waals surface area (Å²) in [6.07, 6.45) is 1.43. The highest BCUT2D eigenvalue weighted by Crippen LogP contribution is 2.18. The van der Waals surface area contributed by atoms with E-state index in [1.54, 1.807) is 11.3 Å². The van der Waals surface area contributed by atoms with Crippen LogP contribution < -0.4 is 5.32 Å². The Bertz CT molecular complexity index is 455. The normalized spacial score (nSPS) is 12.3. The standard InChI is InChI=1S/C10H12N4OS2/c1-7(8-3-2-4-16-8)13-9(15)5-17-10-11-6-12-14-10/h2-4,6-7H,5H2,1H3,(H,13,15)(H,11,12,14)/t7-/m1/s1. The molecular weight excluding hydrogens is 256 g/mol. The second-order valence-electron chi connectivity index (χ2n) is 3.38. The third-order valence-electron chi connectivity index (χ3n) is 2.08. The summed E-state index contributed by atoms with van der Waals surface area (Å²) in [5, 5.41) is 12.0. The molecule has 2 aromatic rings. The molecule has 0 aromatic carbocycles. The van der Waals surface area contributed by atoms with Gasteiger partial charge in [0.05, 0.1) is 11.8 Å². The summed E-state index contributed by atoms with van der Waals surface area (Å²) < 4.78 is 0. The first-order valence-corrected chi connectivity index (χ1v) is 6.93. The molecule has 0 saturated heterocycles. The van der Waals surface area contributed by atoms with E-state index in [1.807, 2.05) is 24.4 Å². The van der Waals surface area contributed by atoms with Gasteiger partial charge in [0.25, 0.3) is 0 Å². The first-order valence-electron chi connectivity index (χ1n) is 5.06. The number of nitrogens with one attached hydrogen (secondary N) is 2. The lowest BCUT2D eigenvalue weighted by Gasteiger charge is -2.11. The van der Waals surface area contributed by atoms with Gasteiger partial charge in [-0.2, -0.15) is 5.10 Å². The van der Waals surface area contributed by atoms with Gasteiger partial charge >= 0.3 is 0 Å². The summed E-state index contributed by atoms with van der Waals surface area (Å²) in [6.45, 7) is 1.98. The van der Waals surface area contributed by atoms with Crippen LogP contribution in [-0.2, 0) is 4.79 Å². The molecule has 2 heterocycles. The molecule has 0 aliphatic heterocycles. The van der Waals surface area contributed by atoms with Crippen molar-refractivity contribution in [2.24, 2.45) is 0 Å². The van der Waals surface area contributed by atoms with Crippen molar-refractivity contribution in [3.8, 4) is 0 Å². The van der Waals surface area contributed by atoms with Crippen LogP contribution in [-0.4, -0.2) is 26.8 Å².